The number of piperazine rings is 1. The van der Waals surface area contributed by atoms with Gasteiger partial charge in [0.15, 0.2) is 0 Å². The third kappa shape index (κ3) is 2.98. The van der Waals surface area contributed by atoms with Crippen molar-refractivity contribution in [2.45, 2.75) is 38.6 Å². The Balaban J connectivity index is 1.78. The molecule has 0 radical (unpaired) electrons. The number of nitriles is 1. The molecule has 17 heavy (non-hydrogen) atoms. The third-order valence-corrected chi connectivity index (χ3v) is 4.16. The maximum atomic E-state index is 11.2. The second-order valence-corrected chi connectivity index (χ2v) is 5.18. The van der Waals surface area contributed by atoms with Gasteiger partial charge in [-0.3, -0.25) is 9.69 Å². The van der Waals surface area contributed by atoms with Gasteiger partial charge in [0.05, 0.1) is 6.07 Å². The summed E-state index contributed by atoms with van der Waals surface area (Å²) in [5, 5.41) is 8.88. The van der Waals surface area contributed by atoms with Gasteiger partial charge in [0.25, 0.3) is 0 Å². The predicted octanol–water partition coefficient (Wildman–Crippen LogP) is 1.23. The van der Waals surface area contributed by atoms with Crippen molar-refractivity contribution in [3.63, 3.8) is 0 Å². The van der Waals surface area contributed by atoms with Gasteiger partial charge in [0, 0.05) is 45.1 Å². The smallest absolute Gasteiger partial charge is 0.219 e. The zero-order chi connectivity index (χ0) is 12.3. The molecule has 0 unspecified atom stereocenters. The molecule has 94 valence electrons. The number of hydrogen-bond acceptors (Lipinski definition) is 3. The van der Waals surface area contributed by atoms with Crippen molar-refractivity contribution in [3.8, 4) is 6.07 Å². The Morgan fingerprint density at radius 3 is 2.18 bits per heavy atom. The van der Waals surface area contributed by atoms with E-state index < -0.39 is 0 Å². The first-order valence-corrected chi connectivity index (χ1v) is 6.60. The minimum absolute atomic E-state index is 0.192. The molecule has 0 atom stereocenters. The minimum atomic E-state index is 0.192. The van der Waals surface area contributed by atoms with Crippen LogP contribution in [-0.4, -0.2) is 47.9 Å². The summed E-state index contributed by atoms with van der Waals surface area (Å²) in [6.07, 6.45) is 4.40. The van der Waals surface area contributed by atoms with Crippen LogP contribution >= 0.6 is 0 Å². The number of carbonyl (C=O) groups excluding carboxylic acids is 1. The van der Waals surface area contributed by atoms with E-state index in [9.17, 15) is 4.79 Å². The van der Waals surface area contributed by atoms with Crippen LogP contribution in [0, 0.1) is 17.2 Å². The van der Waals surface area contributed by atoms with Crippen LogP contribution in [0.2, 0.25) is 0 Å². The van der Waals surface area contributed by atoms with Gasteiger partial charge in [-0.25, -0.2) is 0 Å². The highest BCUT2D eigenvalue weighted by atomic mass is 16.2. The fraction of sp³-hybridized carbons (Fsp3) is 0.846. The highest BCUT2D eigenvalue weighted by molar-refractivity contribution is 5.73. The lowest BCUT2D eigenvalue weighted by Gasteiger charge is -2.41. The molecular weight excluding hydrogens is 214 g/mol. The van der Waals surface area contributed by atoms with E-state index in [0.717, 1.165) is 51.9 Å². The molecular formula is C13H21N3O. The summed E-state index contributed by atoms with van der Waals surface area (Å²) < 4.78 is 0. The number of rotatable bonds is 1. The van der Waals surface area contributed by atoms with Gasteiger partial charge < -0.3 is 4.90 Å². The monoisotopic (exact) mass is 235 g/mol. The number of hydrogen-bond donors (Lipinski definition) is 0. The van der Waals surface area contributed by atoms with Crippen LogP contribution in [0.5, 0.6) is 0 Å². The Morgan fingerprint density at radius 1 is 1.12 bits per heavy atom. The van der Waals surface area contributed by atoms with Crippen molar-refractivity contribution in [2.24, 2.45) is 5.92 Å². The Kier molecular flexibility index (Phi) is 4.01. The van der Waals surface area contributed by atoms with E-state index in [1.54, 1.807) is 6.92 Å². The zero-order valence-electron chi connectivity index (χ0n) is 10.6. The van der Waals surface area contributed by atoms with E-state index in [4.69, 9.17) is 5.26 Å². The highest BCUT2D eigenvalue weighted by Crippen LogP contribution is 2.27. The molecule has 0 aromatic heterocycles. The first-order valence-electron chi connectivity index (χ1n) is 6.60. The van der Waals surface area contributed by atoms with E-state index in [2.05, 4.69) is 11.0 Å². The summed E-state index contributed by atoms with van der Waals surface area (Å²) in [6.45, 7) is 5.39. The standard InChI is InChI=1S/C13H21N3O/c1-11(17)15-6-8-16(9-7-15)13-4-2-12(10-14)3-5-13/h12-13H,2-9H2,1H3. The van der Waals surface area contributed by atoms with Crippen molar-refractivity contribution >= 4 is 5.91 Å². The van der Waals surface area contributed by atoms with E-state index in [1.807, 2.05) is 4.90 Å². The van der Waals surface area contributed by atoms with E-state index >= 15 is 0 Å². The molecule has 2 fully saturated rings. The van der Waals surface area contributed by atoms with Crippen LogP contribution in [0.3, 0.4) is 0 Å². The maximum Gasteiger partial charge on any atom is 0.219 e. The molecule has 0 spiro atoms. The molecule has 1 saturated carbocycles. The molecule has 1 amide bonds. The largest absolute Gasteiger partial charge is 0.340 e. The summed E-state index contributed by atoms with van der Waals surface area (Å²) in [4.78, 5) is 15.7. The van der Waals surface area contributed by atoms with Gasteiger partial charge >= 0.3 is 0 Å². The summed E-state index contributed by atoms with van der Waals surface area (Å²) in [5.41, 5.74) is 0. The first-order chi connectivity index (χ1) is 8.20. The highest BCUT2D eigenvalue weighted by Gasteiger charge is 2.28. The molecule has 0 aromatic carbocycles. The molecule has 1 aliphatic heterocycles. The van der Waals surface area contributed by atoms with Gasteiger partial charge in [-0.05, 0) is 25.7 Å². The lowest BCUT2D eigenvalue weighted by Crippen LogP contribution is -2.52. The van der Waals surface area contributed by atoms with Gasteiger partial charge in [-0.15, -0.1) is 0 Å². The van der Waals surface area contributed by atoms with Gasteiger partial charge in [0.2, 0.25) is 5.91 Å². The molecule has 0 N–H and O–H groups in total. The average molecular weight is 235 g/mol. The molecule has 1 saturated heterocycles. The fourth-order valence-corrected chi connectivity index (χ4v) is 2.97. The Hall–Kier alpha value is -1.08. The lowest BCUT2D eigenvalue weighted by atomic mass is 9.86. The lowest BCUT2D eigenvalue weighted by molar-refractivity contribution is -0.131. The zero-order valence-corrected chi connectivity index (χ0v) is 10.6. The van der Waals surface area contributed by atoms with Gasteiger partial charge in [0.1, 0.15) is 0 Å². The Morgan fingerprint density at radius 2 is 1.71 bits per heavy atom. The quantitative estimate of drug-likeness (QED) is 0.687. The number of carbonyl (C=O) groups is 1. The van der Waals surface area contributed by atoms with Crippen molar-refractivity contribution in [1.82, 2.24) is 9.80 Å². The van der Waals surface area contributed by atoms with Crippen LogP contribution < -0.4 is 0 Å². The maximum absolute atomic E-state index is 11.2. The second kappa shape index (κ2) is 5.50. The summed E-state index contributed by atoms with van der Waals surface area (Å²) >= 11 is 0. The molecule has 4 heteroatoms. The second-order valence-electron chi connectivity index (χ2n) is 5.18. The van der Waals surface area contributed by atoms with Crippen molar-refractivity contribution < 1.29 is 4.79 Å². The van der Waals surface area contributed by atoms with E-state index in [0.29, 0.717) is 6.04 Å². The van der Waals surface area contributed by atoms with E-state index in [-0.39, 0.29) is 11.8 Å². The van der Waals surface area contributed by atoms with Crippen LogP contribution in [0.1, 0.15) is 32.6 Å². The first kappa shape index (κ1) is 12.4. The van der Waals surface area contributed by atoms with Crippen LogP contribution in [0.4, 0.5) is 0 Å². The number of amides is 1. The van der Waals surface area contributed by atoms with Crippen LogP contribution in [-0.2, 0) is 4.79 Å². The Bertz CT molecular complexity index is 307. The minimum Gasteiger partial charge on any atom is -0.340 e. The van der Waals surface area contributed by atoms with Crippen molar-refractivity contribution in [3.05, 3.63) is 0 Å². The third-order valence-electron chi connectivity index (χ3n) is 4.16. The average Bonchev–Trinajstić information content (AvgIpc) is 2.39. The normalized spacial score (nSPS) is 30.9. The molecule has 2 rings (SSSR count). The van der Waals surface area contributed by atoms with Crippen molar-refractivity contribution in [1.29, 1.82) is 5.26 Å². The Labute approximate surface area is 103 Å². The fourth-order valence-electron chi connectivity index (χ4n) is 2.97. The topological polar surface area (TPSA) is 47.3 Å². The molecule has 4 nitrogen and oxygen atoms in total. The van der Waals surface area contributed by atoms with Crippen LogP contribution in [0.15, 0.2) is 0 Å². The number of nitrogens with zero attached hydrogens (tertiary/aromatic N) is 3. The molecule has 0 aromatic rings. The molecule has 1 aliphatic carbocycles. The van der Waals surface area contributed by atoms with Crippen LogP contribution in [0.25, 0.3) is 0 Å². The molecule has 1 heterocycles. The SMILES string of the molecule is CC(=O)N1CCN(C2CCC(C#N)CC2)CC1. The molecule has 2 aliphatic rings. The van der Waals surface area contributed by atoms with Gasteiger partial charge in [-0.2, -0.15) is 5.26 Å². The summed E-state index contributed by atoms with van der Waals surface area (Å²) in [5.74, 6) is 0.475. The summed E-state index contributed by atoms with van der Waals surface area (Å²) in [6, 6.07) is 3.02. The van der Waals surface area contributed by atoms with Crippen molar-refractivity contribution in [2.75, 3.05) is 26.2 Å². The van der Waals surface area contributed by atoms with Gasteiger partial charge in [-0.1, -0.05) is 0 Å². The predicted molar refractivity (Wildman–Crippen MR) is 65.2 cm³/mol. The molecule has 0 bridgehead atoms. The van der Waals surface area contributed by atoms with E-state index in [1.165, 1.54) is 0 Å². The summed E-state index contributed by atoms with van der Waals surface area (Å²) in [7, 11) is 0.